The average molecular weight is 332 g/mol. The van der Waals surface area contributed by atoms with Crippen LogP contribution in [0.1, 0.15) is 50.3 Å². The number of rotatable bonds is 4. The number of amidine groups is 1. The number of aryl methyl sites for hydroxylation is 1. The van der Waals surface area contributed by atoms with E-state index in [1.807, 2.05) is 26.8 Å². The fraction of sp³-hybridized carbons (Fsp3) is 0.444. The number of thioether (sulfide) groups is 1. The number of hydrogen-bond donors (Lipinski definition) is 1. The Morgan fingerprint density at radius 3 is 2.57 bits per heavy atom. The molecular formula is C18H24N2O2S. The molecule has 2 aromatic rings. The third-order valence-electron chi connectivity index (χ3n) is 3.60. The first-order chi connectivity index (χ1) is 10.8. The molecule has 0 bridgehead atoms. The Hall–Kier alpha value is -1.75. The minimum absolute atomic E-state index is 0.162. The monoisotopic (exact) mass is 332 g/mol. The van der Waals surface area contributed by atoms with E-state index in [1.54, 1.807) is 6.07 Å². The molecule has 2 N–H and O–H groups in total. The van der Waals surface area contributed by atoms with Gasteiger partial charge in [-0.25, -0.2) is 4.79 Å². The van der Waals surface area contributed by atoms with E-state index in [0.29, 0.717) is 22.4 Å². The number of nitrogens with two attached hydrogens (primary N) is 1. The molecule has 0 atom stereocenters. The van der Waals surface area contributed by atoms with Crippen molar-refractivity contribution < 1.29 is 4.42 Å². The van der Waals surface area contributed by atoms with Crippen LogP contribution in [0.2, 0.25) is 0 Å². The van der Waals surface area contributed by atoms with Gasteiger partial charge in [-0.05, 0) is 55.5 Å². The zero-order valence-corrected chi connectivity index (χ0v) is 15.2. The maximum atomic E-state index is 11.8. The Morgan fingerprint density at radius 2 is 1.96 bits per heavy atom. The number of nitrogens with zero attached hydrogens (tertiary/aromatic N) is 1. The quantitative estimate of drug-likeness (QED) is 0.518. The molecule has 1 heterocycles. The Kier molecular flexibility index (Phi) is 5.52. The van der Waals surface area contributed by atoms with Crippen molar-refractivity contribution in [1.29, 1.82) is 0 Å². The molecule has 0 radical (unpaired) electrons. The summed E-state index contributed by atoms with van der Waals surface area (Å²) < 4.78 is 5.36. The third-order valence-corrected chi connectivity index (χ3v) is 4.46. The summed E-state index contributed by atoms with van der Waals surface area (Å²) in [6.45, 7) is 10.3. The summed E-state index contributed by atoms with van der Waals surface area (Å²) in [6.07, 6.45) is 0. The van der Waals surface area contributed by atoms with Gasteiger partial charge in [-0.15, -0.1) is 0 Å². The van der Waals surface area contributed by atoms with Crippen LogP contribution in [-0.4, -0.2) is 11.2 Å². The highest BCUT2D eigenvalue weighted by Gasteiger charge is 2.12. The van der Waals surface area contributed by atoms with Crippen LogP contribution in [0, 0.1) is 6.92 Å². The van der Waals surface area contributed by atoms with Crippen molar-refractivity contribution in [1.82, 2.24) is 0 Å². The van der Waals surface area contributed by atoms with Gasteiger partial charge in [-0.1, -0.05) is 25.6 Å². The molecule has 23 heavy (non-hydrogen) atoms. The lowest BCUT2D eigenvalue weighted by molar-refractivity contribution is 0.559. The van der Waals surface area contributed by atoms with Crippen molar-refractivity contribution >= 4 is 27.9 Å². The minimum Gasteiger partial charge on any atom is -0.423 e. The lowest BCUT2D eigenvalue weighted by atomic mass is 9.95. The third kappa shape index (κ3) is 4.38. The molecular weight excluding hydrogens is 308 g/mol. The van der Waals surface area contributed by atoms with Gasteiger partial charge in [-0.2, -0.15) is 0 Å². The molecule has 0 aliphatic rings. The Morgan fingerprint density at radius 1 is 1.26 bits per heavy atom. The maximum Gasteiger partial charge on any atom is 0.336 e. The van der Waals surface area contributed by atoms with Crippen LogP contribution in [0.5, 0.6) is 0 Å². The Labute approximate surface area is 141 Å². The highest BCUT2D eigenvalue weighted by atomic mass is 32.2. The van der Waals surface area contributed by atoms with Crippen LogP contribution in [0.4, 0.5) is 0 Å². The molecule has 5 heteroatoms. The maximum absolute atomic E-state index is 11.8. The standard InChI is InChI=1S/C18H24N2O2S/c1-10(2)14-8-15-13(9-23-18(19)20-11(3)4)7-17(21)22-16(15)6-12(14)5/h6-8,10-11H,9H2,1-5H3,(H2,19,20). The smallest absolute Gasteiger partial charge is 0.336 e. The van der Waals surface area contributed by atoms with E-state index in [0.717, 1.165) is 16.5 Å². The molecule has 0 unspecified atom stereocenters. The van der Waals surface area contributed by atoms with E-state index in [2.05, 4.69) is 24.9 Å². The molecule has 2 rings (SSSR count). The lowest BCUT2D eigenvalue weighted by Gasteiger charge is -2.13. The van der Waals surface area contributed by atoms with Crippen LogP contribution >= 0.6 is 11.8 Å². The minimum atomic E-state index is -0.329. The summed E-state index contributed by atoms with van der Waals surface area (Å²) in [5.74, 6) is 1.02. The zero-order valence-electron chi connectivity index (χ0n) is 14.3. The molecule has 4 nitrogen and oxygen atoms in total. The summed E-state index contributed by atoms with van der Waals surface area (Å²) >= 11 is 1.45. The van der Waals surface area contributed by atoms with E-state index < -0.39 is 0 Å². The lowest BCUT2D eigenvalue weighted by Crippen LogP contribution is -2.10. The number of hydrogen-bond acceptors (Lipinski definition) is 4. The van der Waals surface area contributed by atoms with Gasteiger partial charge >= 0.3 is 5.63 Å². The SMILES string of the molecule is Cc1cc2oc(=O)cc(CSC(N)=NC(C)C)c2cc1C(C)C. The van der Waals surface area contributed by atoms with E-state index >= 15 is 0 Å². The zero-order chi connectivity index (χ0) is 17.1. The first-order valence-electron chi connectivity index (χ1n) is 7.81. The average Bonchev–Trinajstić information content (AvgIpc) is 2.42. The van der Waals surface area contributed by atoms with Gasteiger partial charge in [0.1, 0.15) is 5.58 Å². The number of aliphatic imine (C=N–C) groups is 1. The van der Waals surface area contributed by atoms with E-state index in [9.17, 15) is 4.79 Å². The van der Waals surface area contributed by atoms with Crippen molar-refractivity contribution in [2.45, 2.75) is 52.3 Å². The molecule has 0 aliphatic heterocycles. The predicted octanol–water partition coefficient (Wildman–Crippen LogP) is 4.18. The number of fused-ring (bicyclic) bond motifs is 1. The van der Waals surface area contributed by atoms with Crippen molar-refractivity contribution in [3.05, 3.63) is 45.3 Å². The highest BCUT2D eigenvalue weighted by Crippen LogP contribution is 2.28. The molecule has 0 spiro atoms. The first kappa shape index (κ1) is 17.6. The van der Waals surface area contributed by atoms with Crippen LogP contribution in [0.25, 0.3) is 11.0 Å². The second-order valence-corrected chi connectivity index (χ2v) is 7.30. The van der Waals surface area contributed by atoms with Crippen molar-refractivity contribution in [3.8, 4) is 0 Å². The Balaban J connectivity index is 2.46. The van der Waals surface area contributed by atoms with E-state index in [4.69, 9.17) is 10.2 Å². The van der Waals surface area contributed by atoms with Crippen molar-refractivity contribution in [3.63, 3.8) is 0 Å². The summed E-state index contributed by atoms with van der Waals surface area (Å²) in [4.78, 5) is 16.1. The van der Waals surface area contributed by atoms with Crippen LogP contribution in [0.3, 0.4) is 0 Å². The first-order valence-corrected chi connectivity index (χ1v) is 8.79. The fourth-order valence-corrected chi connectivity index (χ4v) is 3.40. The summed E-state index contributed by atoms with van der Waals surface area (Å²) in [5.41, 5.74) is 9.56. The van der Waals surface area contributed by atoms with Gasteiger partial charge in [-0.3, -0.25) is 4.99 Å². The van der Waals surface area contributed by atoms with E-state index in [1.165, 1.54) is 17.3 Å². The molecule has 0 saturated heterocycles. The van der Waals surface area contributed by atoms with Gasteiger partial charge in [0.25, 0.3) is 0 Å². The molecule has 124 valence electrons. The summed E-state index contributed by atoms with van der Waals surface area (Å²) in [7, 11) is 0. The van der Waals surface area contributed by atoms with Gasteiger partial charge in [0.2, 0.25) is 0 Å². The largest absolute Gasteiger partial charge is 0.423 e. The molecule has 0 amide bonds. The topological polar surface area (TPSA) is 68.6 Å². The normalized spacial score (nSPS) is 12.6. The van der Waals surface area contributed by atoms with Crippen LogP contribution in [0.15, 0.2) is 32.4 Å². The molecule has 1 aromatic heterocycles. The fourth-order valence-electron chi connectivity index (χ4n) is 2.58. The molecule has 0 fully saturated rings. The van der Waals surface area contributed by atoms with Gasteiger partial charge in [0.05, 0.1) is 0 Å². The second-order valence-electron chi connectivity index (χ2n) is 6.30. The highest BCUT2D eigenvalue weighted by molar-refractivity contribution is 8.13. The van der Waals surface area contributed by atoms with E-state index in [-0.39, 0.29) is 11.7 Å². The van der Waals surface area contributed by atoms with Crippen LogP contribution in [-0.2, 0) is 5.75 Å². The van der Waals surface area contributed by atoms with Crippen molar-refractivity contribution in [2.75, 3.05) is 0 Å². The summed E-state index contributed by atoms with van der Waals surface area (Å²) in [6, 6.07) is 5.79. The summed E-state index contributed by atoms with van der Waals surface area (Å²) in [5, 5.41) is 1.52. The number of benzene rings is 1. The second kappa shape index (κ2) is 7.21. The van der Waals surface area contributed by atoms with Crippen LogP contribution < -0.4 is 11.4 Å². The van der Waals surface area contributed by atoms with Gasteiger partial charge < -0.3 is 10.2 Å². The van der Waals surface area contributed by atoms with Gasteiger partial charge in [0.15, 0.2) is 5.17 Å². The Bertz CT molecular complexity index is 791. The van der Waals surface area contributed by atoms with Crippen molar-refractivity contribution in [2.24, 2.45) is 10.7 Å². The predicted molar refractivity (Wildman–Crippen MR) is 99.4 cm³/mol. The molecule has 0 aliphatic carbocycles. The molecule has 0 saturated carbocycles. The van der Waals surface area contributed by atoms with Gasteiger partial charge in [0, 0.05) is 23.2 Å². The molecule has 1 aromatic carbocycles.